The monoisotopic (exact) mass is 511 g/mol. The predicted molar refractivity (Wildman–Crippen MR) is 137 cm³/mol. The van der Waals surface area contributed by atoms with Gasteiger partial charge in [-0.3, -0.25) is 14.9 Å². The Hall–Kier alpha value is -2.60. The average molecular weight is 512 g/mol. The summed E-state index contributed by atoms with van der Waals surface area (Å²) in [5.74, 6) is -0.596. The molecule has 0 bridgehead atoms. The van der Waals surface area contributed by atoms with Crippen LogP contribution in [0.25, 0.3) is 10.9 Å². The first-order valence-corrected chi connectivity index (χ1v) is 13.5. The summed E-state index contributed by atoms with van der Waals surface area (Å²) >= 11 is 6.32. The highest BCUT2D eigenvalue weighted by atomic mass is 35.5. The zero-order valence-electron chi connectivity index (χ0n) is 20.4. The van der Waals surface area contributed by atoms with E-state index in [1.807, 2.05) is 12.1 Å². The van der Waals surface area contributed by atoms with Gasteiger partial charge in [0.2, 0.25) is 5.91 Å². The van der Waals surface area contributed by atoms with Gasteiger partial charge in [0, 0.05) is 17.8 Å². The number of benzene rings is 1. The topological polar surface area (TPSA) is 121 Å². The molecule has 3 fully saturated rings. The van der Waals surface area contributed by atoms with Crippen LogP contribution in [0.3, 0.4) is 0 Å². The van der Waals surface area contributed by atoms with Crippen LogP contribution in [0.5, 0.6) is 0 Å². The van der Waals surface area contributed by atoms with Crippen molar-refractivity contribution in [3.63, 3.8) is 0 Å². The summed E-state index contributed by atoms with van der Waals surface area (Å²) in [5, 5.41) is 27.3. The van der Waals surface area contributed by atoms with Crippen LogP contribution in [0.15, 0.2) is 24.3 Å². The number of para-hydroxylation sites is 1. The van der Waals surface area contributed by atoms with E-state index in [0.29, 0.717) is 35.6 Å². The van der Waals surface area contributed by atoms with Crippen molar-refractivity contribution in [3.8, 4) is 6.07 Å². The maximum absolute atomic E-state index is 13.7. The number of rotatable bonds is 5. The van der Waals surface area contributed by atoms with Gasteiger partial charge in [-0.1, -0.05) is 43.0 Å². The maximum Gasteiger partial charge on any atom is 0.271 e. The molecule has 1 spiro atoms. The minimum absolute atomic E-state index is 0.0643. The van der Waals surface area contributed by atoms with Crippen molar-refractivity contribution in [2.75, 3.05) is 13.1 Å². The summed E-state index contributed by atoms with van der Waals surface area (Å²) < 4.78 is 0. The number of amides is 2. The Morgan fingerprint density at radius 2 is 2.08 bits per heavy atom. The minimum Gasteiger partial charge on any atom is -0.378 e. The van der Waals surface area contributed by atoms with Crippen molar-refractivity contribution in [1.29, 1.82) is 5.26 Å². The number of H-pyrrole nitrogens is 1. The number of piperidine rings is 1. The number of aromatic nitrogens is 1. The Balaban J connectivity index is 1.37. The second-order valence-electron chi connectivity index (χ2n) is 10.8. The molecule has 9 heteroatoms. The molecule has 2 aromatic rings. The third-order valence-corrected chi connectivity index (χ3v) is 8.70. The molecule has 1 saturated carbocycles. The van der Waals surface area contributed by atoms with Gasteiger partial charge in [0.25, 0.3) is 5.91 Å². The number of nitriles is 1. The molecule has 4 N–H and O–H groups in total. The van der Waals surface area contributed by atoms with Crippen LogP contribution < -0.4 is 10.6 Å². The van der Waals surface area contributed by atoms with Crippen molar-refractivity contribution in [3.05, 3.63) is 35.0 Å². The number of aliphatic hydroxyl groups is 1. The third kappa shape index (κ3) is 4.97. The lowest BCUT2D eigenvalue weighted by atomic mass is 9.72. The fourth-order valence-electron chi connectivity index (χ4n) is 6.46. The molecular weight excluding hydrogens is 478 g/mol. The molecule has 0 radical (unpaired) electrons. The average Bonchev–Trinajstić information content (AvgIpc) is 3.48. The van der Waals surface area contributed by atoms with Gasteiger partial charge in [-0.15, -0.1) is 0 Å². The molecular formula is C27H34ClN5O3. The van der Waals surface area contributed by atoms with Crippen molar-refractivity contribution < 1.29 is 14.7 Å². The summed E-state index contributed by atoms with van der Waals surface area (Å²) in [7, 11) is 0. The SMILES string of the molecule is N#C[C@H](C[C@@H]1CCCNC1O)NC(=O)[C@@H]1CC2(CCCCC2)CN1C(=O)c1cc2cccc(Cl)c2[nH]1. The molecule has 36 heavy (non-hydrogen) atoms. The van der Waals surface area contributed by atoms with E-state index in [0.717, 1.165) is 50.5 Å². The number of hydrogen-bond donors (Lipinski definition) is 4. The van der Waals surface area contributed by atoms with Crippen LogP contribution in [-0.4, -0.2) is 58.2 Å². The molecule has 2 amide bonds. The predicted octanol–water partition coefficient (Wildman–Crippen LogP) is 3.70. The number of halogens is 1. The summed E-state index contributed by atoms with van der Waals surface area (Å²) in [4.78, 5) is 32.2. The Labute approximate surface area is 216 Å². The molecule has 3 aliphatic rings. The van der Waals surface area contributed by atoms with Gasteiger partial charge in [0.15, 0.2) is 0 Å². The zero-order chi connectivity index (χ0) is 25.3. The molecule has 2 aliphatic heterocycles. The third-order valence-electron chi connectivity index (χ3n) is 8.38. The number of aromatic amines is 1. The molecule has 4 atom stereocenters. The molecule has 1 aromatic carbocycles. The van der Waals surface area contributed by atoms with E-state index in [-0.39, 0.29) is 23.1 Å². The van der Waals surface area contributed by atoms with Crippen LogP contribution in [0.1, 0.15) is 68.3 Å². The quantitative estimate of drug-likeness (QED) is 0.487. The number of carbonyl (C=O) groups excluding carboxylic acids is 2. The van der Waals surface area contributed by atoms with Gasteiger partial charge in [0.05, 0.1) is 16.6 Å². The molecule has 8 nitrogen and oxygen atoms in total. The van der Waals surface area contributed by atoms with E-state index < -0.39 is 18.3 Å². The van der Waals surface area contributed by atoms with Crippen LogP contribution in [0, 0.1) is 22.7 Å². The van der Waals surface area contributed by atoms with E-state index >= 15 is 0 Å². The summed E-state index contributed by atoms with van der Waals surface area (Å²) in [6.07, 6.45) is 7.44. The Kier molecular flexibility index (Phi) is 7.25. The van der Waals surface area contributed by atoms with Crippen molar-refractivity contribution in [2.24, 2.45) is 11.3 Å². The first-order valence-electron chi connectivity index (χ1n) is 13.1. The summed E-state index contributed by atoms with van der Waals surface area (Å²) in [6, 6.07) is 8.16. The van der Waals surface area contributed by atoms with Gasteiger partial charge in [0.1, 0.15) is 24.0 Å². The van der Waals surface area contributed by atoms with Gasteiger partial charge in [-0.25, -0.2) is 0 Å². The maximum atomic E-state index is 13.7. The Morgan fingerprint density at radius 1 is 1.28 bits per heavy atom. The summed E-state index contributed by atoms with van der Waals surface area (Å²) in [6.45, 7) is 1.29. The lowest BCUT2D eigenvalue weighted by Crippen LogP contribution is -2.50. The first kappa shape index (κ1) is 25.1. The lowest BCUT2D eigenvalue weighted by molar-refractivity contribution is -0.125. The number of carbonyl (C=O) groups is 2. The second kappa shape index (κ2) is 10.4. The zero-order valence-corrected chi connectivity index (χ0v) is 21.2. The van der Waals surface area contributed by atoms with E-state index in [4.69, 9.17) is 11.6 Å². The molecule has 5 rings (SSSR count). The van der Waals surface area contributed by atoms with Crippen LogP contribution in [0.2, 0.25) is 5.02 Å². The number of fused-ring (bicyclic) bond motifs is 1. The number of aliphatic hydroxyl groups excluding tert-OH is 1. The first-order chi connectivity index (χ1) is 17.4. The molecule has 3 heterocycles. The fraction of sp³-hybridized carbons (Fsp3) is 0.593. The lowest BCUT2D eigenvalue weighted by Gasteiger charge is -2.32. The second-order valence-corrected chi connectivity index (χ2v) is 11.2. The van der Waals surface area contributed by atoms with Gasteiger partial charge >= 0.3 is 0 Å². The van der Waals surface area contributed by atoms with Gasteiger partial charge in [-0.05, 0) is 62.6 Å². The normalized spacial score (nSPS) is 26.6. The Morgan fingerprint density at radius 3 is 2.81 bits per heavy atom. The highest BCUT2D eigenvalue weighted by Crippen LogP contribution is 2.46. The number of likely N-dealkylation sites (tertiary alicyclic amines) is 1. The number of nitrogens with one attached hydrogen (secondary N) is 3. The van der Waals surface area contributed by atoms with E-state index in [9.17, 15) is 20.0 Å². The minimum atomic E-state index is -0.719. The smallest absolute Gasteiger partial charge is 0.271 e. The van der Waals surface area contributed by atoms with Crippen molar-refractivity contribution in [1.82, 2.24) is 20.5 Å². The fourth-order valence-corrected chi connectivity index (χ4v) is 6.69. The molecule has 1 aliphatic carbocycles. The standard InChI is InChI=1S/C27H34ClN5O3/c28-20-8-4-6-17-13-21(32-23(17)20)26(36)33-16-27(9-2-1-3-10-27)14-22(33)25(35)31-19(15-29)12-18-7-5-11-30-24(18)34/h4,6,8,13,18-19,22,24,30,32,34H,1-3,5,7,9-12,14,16H2,(H,31,35)/t18-,19-,22-,24?/m0/s1. The van der Waals surface area contributed by atoms with Crippen molar-refractivity contribution >= 4 is 34.3 Å². The highest BCUT2D eigenvalue weighted by molar-refractivity contribution is 6.35. The van der Waals surface area contributed by atoms with Gasteiger partial charge < -0.3 is 20.3 Å². The van der Waals surface area contributed by atoms with Crippen LogP contribution in [0.4, 0.5) is 0 Å². The van der Waals surface area contributed by atoms with Gasteiger partial charge in [-0.2, -0.15) is 5.26 Å². The molecule has 192 valence electrons. The largest absolute Gasteiger partial charge is 0.378 e. The van der Waals surface area contributed by atoms with E-state index in [1.165, 1.54) is 6.42 Å². The number of nitrogens with zero attached hydrogens (tertiary/aromatic N) is 2. The molecule has 2 saturated heterocycles. The summed E-state index contributed by atoms with van der Waals surface area (Å²) in [5.41, 5.74) is 1.06. The van der Waals surface area contributed by atoms with Crippen molar-refractivity contribution in [2.45, 2.75) is 76.1 Å². The highest BCUT2D eigenvalue weighted by Gasteiger charge is 2.49. The van der Waals surface area contributed by atoms with E-state index in [1.54, 1.807) is 17.0 Å². The molecule has 1 unspecified atom stereocenters. The number of hydrogen-bond acceptors (Lipinski definition) is 5. The Bertz CT molecular complexity index is 1170. The van der Waals surface area contributed by atoms with E-state index in [2.05, 4.69) is 21.7 Å². The molecule has 1 aromatic heterocycles. The van der Waals surface area contributed by atoms with Crippen LogP contribution in [-0.2, 0) is 4.79 Å². The van der Waals surface area contributed by atoms with Crippen LogP contribution >= 0.6 is 11.6 Å².